The van der Waals surface area contributed by atoms with Gasteiger partial charge in [0.15, 0.2) is 0 Å². The van der Waals surface area contributed by atoms with Gasteiger partial charge in [-0.3, -0.25) is 10.1 Å². The van der Waals surface area contributed by atoms with Gasteiger partial charge in [0.25, 0.3) is 0 Å². The van der Waals surface area contributed by atoms with Gasteiger partial charge in [0.05, 0.1) is 4.92 Å². The highest BCUT2D eigenvalue weighted by Gasteiger charge is 2.59. The molecule has 5 nitrogen and oxygen atoms in total. The number of nitrogens with zero attached hydrogens (tertiary/aromatic N) is 1. The maximum absolute atomic E-state index is 14.2. The van der Waals surface area contributed by atoms with Crippen molar-refractivity contribution in [2.45, 2.75) is 12.0 Å². The highest BCUT2D eigenvalue weighted by Crippen LogP contribution is 2.45. The van der Waals surface area contributed by atoms with Crippen LogP contribution in [0.2, 0.25) is 0 Å². The summed E-state index contributed by atoms with van der Waals surface area (Å²) >= 11 is 0. The standard InChI is InChI=1S/C12H6F5NO3.H2O/c13-7-9(18(19)20)8(14)11(16)12(17,10(7)15)21-6-4-2-1-3-5-6;/h1-5,10H;1H2. The zero-order valence-corrected chi connectivity index (χ0v) is 10.5. The van der Waals surface area contributed by atoms with E-state index in [1.54, 1.807) is 0 Å². The molecule has 0 saturated heterocycles. The molecule has 0 aromatic heterocycles. The van der Waals surface area contributed by atoms with Gasteiger partial charge in [-0.2, -0.15) is 8.78 Å². The Balaban J connectivity index is 0.00000242. The number of rotatable bonds is 3. The van der Waals surface area contributed by atoms with E-state index < -0.39 is 45.9 Å². The second kappa shape index (κ2) is 6.10. The molecule has 0 radical (unpaired) electrons. The molecule has 22 heavy (non-hydrogen) atoms. The molecule has 1 aliphatic rings. The number of halogens is 5. The number of ether oxygens (including phenoxy) is 1. The van der Waals surface area contributed by atoms with Gasteiger partial charge in [-0.1, -0.05) is 18.2 Å². The predicted octanol–water partition coefficient (Wildman–Crippen LogP) is 2.87. The minimum absolute atomic E-state index is 0. The predicted molar refractivity (Wildman–Crippen MR) is 63.8 cm³/mol. The number of nitro groups is 1. The molecule has 2 atom stereocenters. The molecular formula is C12H8F5NO4. The van der Waals surface area contributed by atoms with Crippen molar-refractivity contribution < 1.29 is 37.1 Å². The molecule has 0 bridgehead atoms. The number of para-hydroxylation sites is 1. The number of benzene rings is 1. The van der Waals surface area contributed by atoms with E-state index in [-0.39, 0.29) is 5.48 Å². The zero-order chi connectivity index (χ0) is 15.8. The van der Waals surface area contributed by atoms with Crippen LogP contribution in [-0.4, -0.2) is 22.4 Å². The Morgan fingerprint density at radius 2 is 1.73 bits per heavy atom. The van der Waals surface area contributed by atoms with Gasteiger partial charge in [-0.25, -0.2) is 13.2 Å². The molecule has 1 aromatic rings. The summed E-state index contributed by atoms with van der Waals surface area (Å²) in [6.45, 7) is 0. The van der Waals surface area contributed by atoms with Crippen molar-refractivity contribution in [1.29, 1.82) is 0 Å². The first kappa shape index (κ1) is 17.6. The Morgan fingerprint density at radius 3 is 2.23 bits per heavy atom. The highest BCUT2D eigenvalue weighted by atomic mass is 19.2. The number of hydrogen-bond acceptors (Lipinski definition) is 3. The Labute approximate surface area is 119 Å². The Bertz CT molecular complexity index is 648. The van der Waals surface area contributed by atoms with Crippen molar-refractivity contribution in [1.82, 2.24) is 0 Å². The maximum Gasteiger partial charge on any atom is 0.342 e. The molecule has 1 aliphatic carbocycles. The summed E-state index contributed by atoms with van der Waals surface area (Å²) in [7, 11) is 0. The molecule has 0 fully saturated rings. The minimum atomic E-state index is -4.16. The van der Waals surface area contributed by atoms with E-state index in [0.717, 1.165) is 12.1 Å². The van der Waals surface area contributed by atoms with Gasteiger partial charge in [-0.05, 0) is 12.1 Å². The monoisotopic (exact) mass is 325 g/mol. The van der Waals surface area contributed by atoms with Gasteiger partial charge in [0.1, 0.15) is 5.75 Å². The molecule has 120 valence electrons. The third kappa shape index (κ3) is 2.64. The molecule has 0 amide bonds. The van der Waals surface area contributed by atoms with E-state index in [4.69, 9.17) is 0 Å². The minimum Gasteiger partial charge on any atom is -0.449 e. The average molecular weight is 325 g/mol. The van der Waals surface area contributed by atoms with Crippen LogP contribution in [0, 0.1) is 10.1 Å². The Morgan fingerprint density at radius 1 is 1.18 bits per heavy atom. The van der Waals surface area contributed by atoms with Gasteiger partial charge < -0.3 is 10.2 Å². The summed E-state index contributed by atoms with van der Waals surface area (Å²) in [5, 5.41) is 10.4. The fourth-order valence-electron chi connectivity index (χ4n) is 1.68. The van der Waals surface area contributed by atoms with E-state index in [9.17, 15) is 32.1 Å². The van der Waals surface area contributed by atoms with Crippen molar-refractivity contribution in [3.63, 3.8) is 0 Å². The van der Waals surface area contributed by atoms with Gasteiger partial charge in [-0.15, -0.1) is 0 Å². The SMILES string of the molecule is O.O=[N+]([O-])C1=C(F)C(F)C(F)(Oc2ccccc2)C(F)=C1F. The number of hydrogen-bond donors (Lipinski definition) is 0. The van der Waals surface area contributed by atoms with E-state index in [1.807, 2.05) is 0 Å². The number of alkyl halides is 2. The lowest BCUT2D eigenvalue weighted by Gasteiger charge is -2.29. The maximum atomic E-state index is 14.2. The quantitative estimate of drug-likeness (QED) is 0.486. The molecule has 10 heteroatoms. The summed E-state index contributed by atoms with van der Waals surface area (Å²) < 4.78 is 72.6. The first-order chi connectivity index (χ1) is 9.79. The van der Waals surface area contributed by atoms with Crippen LogP contribution in [0.4, 0.5) is 22.0 Å². The van der Waals surface area contributed by atoms with Gasteiger partial charge in [0.2, 0.25) is 23.7 Å². The smallest absolute Gasteiger partial charge is 0.342 e. The van der Waals surface area contributed by atoms with Crippen LogP contribution in [0.1, 0.15) is 0 Å². The molecular weight excluding hydrogens is 317 g/mol. The molecule has 0 saturated carbocycles. The second-order valence-corrected chi connectivity index (χ2v) is 4.00. The van der Waals surface area contributed by atoms with Crippen LogP contribution in [-0.2, 0) is 0 Å². The van der Waals surface area contributed by atoms with Crippen LogP contribution in [0.15, 0.2) is 53.5 Å². The van der Waals surface area contributed by atoms with Crippen LogP contribution >= 0.6 is 0 Å². The lowest BCUT2D eigenvalue weighted by Crippen LogP contribution is -2.45. The summed E-state index contributed by atoms with van der Waals surface area (Å²) in [6.07, 6.45) is -3.52. The van der Waals surface area contributed by atoms with Crippen LogP contribution in [0.3, 0.4) is 0 Å². The van der Waals surface area contributed by atoms with E-state index >= 15 is 0 Å². The molecule has 2 unspecified atom stereocenters. The molecule has 1 aromatic carbocycles. The van der Waals surface area contributed by atoms with Crippen molar-refractivity contribution in [3.8, 4) is 5.75 Å². The Kier molecular flexibility index (Phi) is 4.87. The Hall–Kier alpha value is -2.49. The van der Waals surface area contributed by atoms with Crippen LogP contribution in [0.5, 0.6) is 5.75 Å². The van der Waals surface area contributed by atoms with E-state index in [1.165, 1.54) is 18.2 Å². The van der Waals surface area contributed by atoms with Gasteiger partial charge in [0, 0.05) is 0 Å². The second-order valence-electron chi connectivity index (χ2n) is 4.00. The topological polar surface area (TPSA) is 83.9 Å². The number of allylic oxidation sites excluding steroid dienone is 1. The third-order valence-corrected chi connectivity index (χ3v) is 2.67. The van der Waals surface area contributed by atoms with Crippen molar-refractivity contribution >= 4 is 0 Å². The van der Waals surface area contributed by atoms with Crippen molar-refractivity contribution in [3.05, 3.63) is 63.6 Å². The summed E-state index contributed by atoms with van der Waals surface area (Å²) in [6, 6.07) is 6.29. The molecule has 0 spiro atoms. The fourth-order valence-corrected chi connectivity index (χ4v) is 1.68. The van der Waals surface area contributed by atoms with E-state index in [2.05, 4.69) is 4.74 Å². The first-order valence-electron chi connectivity index (χ1n) is 5.46. The van der Waals surface area contributed by atoms with Crippen LogP contribution in [0.25, 0.3) is 0 Å². The highest BCUT2D eigenvalue weighted by molar-refractivity contribution is 5.38. The normalized spacial score (nSPS) is 24.9. The molecule has 2 rings (SSSR count). The molecule has 0 heterocycles. The fraction of sp³-hybridized carbons (Fsp3) is 0.167. The lowest BCUT2D eigenvalue weighted by molar-refractivity contribution is -0.427. The van der Waals surface area contributed by atoms with Crippen molar-refractivity contribution in [2.24, 2.45) is 0 Å². The molecule has 0 aliphatic heterocycles. The average Bonchev–Trinajstić information content (AvgIpc) is 2.44. The van der Waals surface area contributed by atoms with Crippen molar-refractivity contribution in [2.75, 3.05) is 0 Å². The zero-order valence-electron chi connectivity index (χ0n) is 10.5. The third-order valence-electron chi connectivity index (χ3n) is 2.67. The first-order valence-corrected chi connectivity index (χ1v) is 5.46. The largest absolute Gasteiger partial charge is 0.449 e. The summed E-state index contributed by atoms with van der Waals surface area (Å²) in [5.41, 5.74) is -2.09. The van der Waals surface area contributed by atoms with E-state index in [0.29, 0.717) is 0 Å². The van der Waals surface area contributed by atoms with Gasteiger partial charge >= 0.3 is 11.6 Å². The lowest BCUT2D eigenvalue weighted by atomic mass is 10.0. The molecule has 2 N–H and O–H groups in total. The summed E-state index contributed by atoms with van der Waals surface area (Å²) in [5.74, 6) is -12.0. The summed E-state index contributed by atoms with van der Waals surface area (Å²) in [4.78, 5) is 8.69. The van der Waals surface area contributed by atoms with Crippen LogP contribution < -0.4 is 4.74 Å².